The van der Waals surface area contributed by atoms with Gasteiger partial charge in [-0.05, 0) is 55.1 Å². The van der Waals surface area contributed by atoms with E-state index in [0.29, 0.717) is 12.0 Å². The molecule has 2 amide bonds. The van der Waals surface area contributed by atoms with Crippen LogP contribution in [0.4, 0.5) is 4.39 Å². The summed E-state index contributed by atoms with van der Waals surface area (Å²) in [6.45, 7) is 5.99. The zero-order chi connectivity index (χ0) is 22.4. The summed E-state index contributed by atoms with van der Waals surface area (Å²) >= 11 is 1.06. The van der Waals surface area contributed by atoms with Gasteiger partial charge in [0.05, 0.1) is 0 Å². The molecule has 0 spiro atoms. The van der Waals surface area contributed by atoms with Crippen molar-refractivity contribution in [2.24, 2.45) is 0 Å². The van der Waals surface area contributed by atoms with Gasteiger partial charge < -0.3 is 10.2 Å². The molecule has 0 aliphatic carbocycles. The van der Waals surface area contributed by atoms with Crippen LogP contribution in [0.25, 0.3) is 0 Å². The minimum atomic E-state index is -0.971. The lowest BCUT2D eigenvalue weighted by molar-refractivity contribution is -0.127. The summed E-state index contributed by atoms with van der Waals surface area (Å²) in [5.41, 5.74) is 1.06. The molecule has 1 N–H and O–H groups in total. The number of carbonyl (C=O) groups is 2. The number of carbonyl (C=O) groups excluding carboxylic acids is 2. The van der Waals surface area contributed by atoms with E-state index in [1.165, 1.54) is 29.2 Å². The third-order valence-corrected chi connectivity index (χ3v) is 5.63. The van der Waals surface area contributed by atoms with E-state index in [2.05, 4.69) is 14.9 Å². The van der Waals surface area contributed by atoms with Gasteiger partial charge in [-0.15, -0.1) is 5.10 Å². The zero-order valence-electron chi connectivity index (χ0n) is 17.7. The van der Waals surface area contributed by atoms with Crippen LogP contribution >= 0.6 is 11.5 Å². The molecule has 0 aliphatic heterocycles. The third kappa shape index (κ3) is 5.73. The molecule has 1 heterocycles. The van der Waals surface area contributed by atoms with Crippen molar-refractivity contribution < 1.29 is 14.0 Å². The fourth-order valence-corrected chi connectivity index (χ4v) is 3.50. The highest BCUT2D eigenvalue weighted by Gasteiger charge is 2.35. The Kier molecular flexibility index (Phi) is 7.12. The van der Waals surface area contributed by atoms with Crippen LogP contribution in [-0.2, 0) is 11.3 Å². The Morgan fingerprint density at radius 2 is 1.81 bits per heavy atom. The topological polar surface area (TPSA) is 75.2 Å². The molecule has 162 valence electrons. The van der Waals surface area contributed by atoms with Crippen LogP contribution in [0.5, 0.6) is 0 Å². The number of hydrogen-bond donors (Lipinski definition) is 1. The summed E-state index contributed by atoms with van der Waals surface area (Å²) in [4.78, 5) is 28.3. The minimum absolute atomic E-state index is 0.163. The SMILES string of the molecule is CCC(C)(C)NC(=O)C(c1ccc(F)cc1)N(Cc1ccccc1)C(=O)c1csnn1. The van der Waals surface area contributed by atoms with Gasteiger partial charge in [0, 0.05) is 17.5 Å². The molecule has 3 aromatic rings. The second-order valence-corrected chi connectivity index (χ2v) is 8.50. The van der Waals surface area contributed by atoms with Gasteiger partial charge in [-0.3, -0.25) is 9.59 Å². The fourth-order valence-electron chi connectivity index (χ4n) is 3.07. The number of nitrogens with one attached hydrogen (secondary N) is 1. The van der Waals surface area contributed by atoms with Crippen molar-refractivity contribution in [3.63, 3.8) is 0 Å². The first-order valence-corrected chi connectivity index (χ1v) is 10.8. The number of halogens is 1. The van der Waals surface area contributed by atoms with Crippen LogP contribution in [0.1, 0.15) is 54.8 Å². The van der Waals surface area contributed by atoms with Crippen LogP contribution in [-0.4, -0.2) is 31.8 Å². The number of hydrogen-bond acceptors (Lipinski definition) is 5. The molecule has 31 heavy (non-hydrogen) atoms. The fraction of sp³-hybridized carbons (Fsp3) is 0.304. The number of benzene rings is 2. The summed E-state index contributed by atoms with van der Waals surface area (Å²) in [7, 11) is 0. The van der Waals surface area contributed by atoms with Crippen molar-refractivity contribution >= 4 is 23.3 Å². The average molecular weight is 441 g/mol. The van der Waals surface area contributed by atoms with Crippen LogP contribution in [0.2, 0.25) is 0 Å². The lowest BCUT2D eigenvalue weighted by Crippen LogP contribution is -2.50. The maximum atomic E-state index is 13.6. The summed E-state index contributed by atoms with van der Waals surface area (Å²) in [5.74, 6) is -1.18. The Morgan fingerprint density at radius 3 is 2.39 bits per heavy atom. The zero-order valence-corrected chi connectivity index (χ0v) is 18.5. The lowest BCUT2D eigenvalue weighted by atomic mass is 9.98. The van der Waals surface area contributed by atoms with Crippen molar-refractivity contribution in [2.75, 3.05) is 0 Å². The smallest absolute Gasteiger partial charge is 0.276 e. The Balaban J connectivity index is 2.07. The van der Waals surface area contributed by atoms with E-state index in [4.69, 9.17) is 0 Å². The third-order valence-electron chi connectivity index (χ3n) is 5.13. The molecule has 0 radical (unpaired) electrons. The van der Waals surface area contributed by atoms with Gasteiger partial charge in [-0.2, -0.15) is 0 Å². The van der Waals surface area contributed by atoms with E-state index in [9.17, 15) is 14.0 Å². The molecular formula is C23H25FN4O2S. The highest BCUT2D eigenvalue weighted by molar-refractivity contribution is 7.03. The maximum Gasteiger partial charge on any atom is 0.276 e. The van der Waals surface area contributed by atoms with Gasteiger partial charge >= 0.3 is 0 Å². The predicted molar refractivity (Wildman–Crippen MR) is 118 cm³/mol. The highest BCUT2D eigenvalue weighted by Crippen LogP contribution is 2.27. The molecule has 0 saturated heterocycles. The predicted octanol–water partition coefficient (Wildman–Crippen LogP) is 4.37. The van der Waals surface area contributed by atoms with Crippen LogP contribution in [0.3, 0.4) is 0 Å². The number of amides is 2. The maximum absolute atomic E-state index is 13.6. The molecule has 0 aliphatic rings. The van der Waals surface area contributed by atoms with Crippen molar-refractivity contribution in [1.29, 1.82) is 0 Å². The highest BCUT2D eigenvalue weighted by atomic mass is 32.1. The average Bonchev–Trinajstić information content (AvgIpc) is 3.29. The molecule has 2 aromatic carbocycles. The molecule has 1 atom stereocenters. The monoisotopic (exact) mass is 440 g/mol. The standard InChI is InChI=1S/C23H25FN4O2S/c1-4-23(2,3)25-21(29)20(17-10-12-18(24)13-11-17)28(14-16-8-6-5-7-9-16)22(30)19-15-31-27-26-19/h5-13,15,20H,4,14H2,1-3H3,(H,25,29). The van der Waals surface area contributed by atoms with Crippen LogP contribution in [0, 0.1) is 5.82 Å². The van der Waals surface area contributed by atoms with E-state index in [0.717, 1.165) is 17.1 Å². The molecule has 1 aromatic heterocycles. The van der Waals surface area contributed by atoms with E-state index in [1.807, 2.05) is 51.1 Å². The Morgan fingerprint density at radius 1 is 1.13 bits per heavy atom. The minimum Gasteiger partial charge on any atom is -0.349 e. The molecule has 1 unspecified atom stereocenters. The molecule has 0 bridgehead atoms. The van der Waals surface area contributed by atoms with Gasteiger partial charge in [0.1, 0.15) is 11.9 Å². The summed E-state index contributed by atoms with van der Waals surface area (Å²) in [6.07, 6.45) is 0.706. The second-order valence-electron chi connectivity index (χ2n) is 7.89. The van der Waals surface area contributed by atoms with Gasteiger partial charge in [-0.1, -0.05) is 53.9 Å². The number of aromatic nitrogens is 2. The van der Waals surface area contributed by atoms with E-state index >= 15 is 0 Å². The second kappa shape index (κ2) is 9.78. The quantitative estimate of drug-likeness (QED) is 0.565. The first-order valence-electron chi connectivity index (χ1n) is 10.00. The Bertz CT molecular complexity index is 1010. The van der Waals surface area contributed by atoms with Crippen molar-refractivity contribution in [2.45, 2.75) is 45.3 Å². The Hall–Kier alpha value is -3.13. The lowest BCUT2D eigenvalue weighted by Gasteiger charge is -2.34. The number of rotatable bonds is 8. The van der Waals surface area contributed by atoms with E-state index in [1.54, 1.807) is 5.38 Å². The molecule has 0 saturated carbocycles. The first-order chi connectivity index (χ1) is 14.8. The van der Waals surface area contributed by atoms with Gasteiger partial charge in [-0.25, -0.2) is 4.39 Å². The molecule has 3 rings (SSSR count). The Labute approximate surface area is 185 Å². The van der Waals surface area contributed by atoms with Gasteiger partial charge in [0.15, 0.2) is 5.69 Å². The first kappa shape index (κ1) is 22.6. The molecular weight excluding hydrogens is 415 g/mol. The molecule has 0 fully saturated rings. The van der Waals surface area contributed by atoms with E-state index < -0.39 is 23.3 Å². The van der Waals surface area contributed by atoms with Crippen molar-refractivity contribution in [1.82, 2.24) is 19.8 Å². The van der Waals surface area contributed by atoms with Gasteiger partial charge in [0.2, 0.25) is 5.91 Å². The number of nitrogens with zero attached hydrogens (tertiary/aromatic N) is 3. The largest absolute Gasteiger partial charge is 0.349 e. The summed E-state index contributed by atoms with van der Waals surface area (Å²) < 4.78 is 17.4. The van der Waals surface area contributed by atoms with Gasteiger partial charge in [0.25, 0.3) is 5.91 Å². The van der Waals surface area contributed by atoms with Crippen LogP contribution < -0.4 is 5.32 Å². The van der Waals surface area contributed by atoms with E-state index in [-0.39, 0.29) is 18.1 Å². The summed E-state index contributed by atoms with van der Waals surface area (Å²) in [5, 5.41) is 8.48. The normalized spacial score (nSPS) is 12.3. The van der Waals surface area contributed by atoms with Crippen molar-refractivity contribution in [3.05, 3.63) is 82.6 Å². The van der Waals surface area contributed by atoms with Crippen molar-refractivity contribution in [3.8, 4) is 0 Å². The summed E-state index contributed by atoms with van der Waals surface area (Å²) in [6, 6.07) is 14.1. The molecule has 8 heteroatoms. The van der Waals surface area contributed by atoms with Crippen LogP contribution in [0.15, 0.2) is 60.0 Å². The molecule has 6 nitrogen and oxygen atoms in total.